The van der Waals surface area contributed by atoms with Gasteiger partial charge in [0.1, 0.15) is 5.82 Å². The number of rotatable bonds is 6. The maximum absolute atomic E-state index is 12.5. The highest BCUT2D eigenvalue weighted by atomic mass is 16.2. The zero-order valence-electron chi connectivity index (χ0n) is 17.1. The van der Waals surface area contributed by atoms with Crippen LogP contribution in [0.1, 0.15) is 55.4 Å². The van der Waals surface area contributed by atoms with Gasteiger partial charge in [-0.15, -0.1) is 0 Å². The van der Waals surface area contributed by atoms with Crippen molar-refractivity contribution in [1.82, 2.24) is 24.9 Å². The number of aryl methyl sites for hydroxylation is 1. The topological polar surface area (TPSA) is 76.8 Å². The average molecular weight is 380 g/mol. The fraction of sp³-hybridized carbons (Fsp3) is 0.381. The van der Waals surface area contributed by atoms with Gasteiger partial charge in [0.2, 0.25) is 0 Å². The number of urea groups is 1. The van der Waals surface area contributed by atoms with Crippen LogP contribution in [0.4, 0.5) is 10.6 Å². The number of benzene rings is 1. The monoisotopic (exact) mass is 380 g/mol. The largest absolute Gasteiger partial charge is 0.334 e. The SMILES string of the molecule is Cc1nn(C(C)C)c(C)c1CNC(=O)Nc1ccnn1[C@@H](C)c1ccccc1. The molecule has 2 amide bonds. The molecule has 0 radical (unpaired) electrons. The number of amides is 2. The van der Waals surface area contributed by atoms with Crippen molar-refractivity contribution in [3.63, 3.8) is 0 Å². The van der Waals surface area contributed by atoms with Gasteiger partial charge in [0, 0.05) is 29.9 Å². The van der Waals surface area contributed by atoms with Crippen molar-refractivity contribution in [3.05, 3.63) is 65.1 Å². The highest BCUT2D eigenvalue weighted by molar-refractivity contribution is 5.88. The molecule has 148 valence electrons. The van der Waals surface area contributed by atoms with E-state index in [0.717, 1.165) is 22.5 Å². The molecule has 7 heteroatoms. The number of hydrogen-bond acceptors (Lipinski definition) is 3. The zero-order chi connectivity index (χ0) is 20.3. The number of carbonyl (C=O) groups is 1. The molecule has 1 aromatic carbocycles. The number of carbonyl (C=O) groups excluding carboxylic acids is 1. The lowest BCUT2D eigenvalue weighted by atomic mass is 10.1. The molecule has 0 unspecified atom stereocenters. The number of nitrogens with zero attached hydrogens (tertiary/aromatic N) is 4. The summed E-state index contributed by atoms with van der Waals surface area (Å²) in [5, 5.41) is 14.8. The van der Waals surface area contributed by atoms with Gasteiger partial charge in [0.15, 0.2) is 0 Å². The average Bonchev–Trinajstić information content (AvgIpc) is 3.24. The molecule has 0 fully saturated rings. The van der Waals surface area contributed by atoms with Gasteiger partial charge in [-0.25, -0.2) is 9.48 Å². The third kappa shape index (κ3) is 4.08. The van der Waals surface area contributed by atoms with E-state index >= 15 is 0 Å². The van der Waals surface area contributed by atoms with Crippen LogP contribution in [0.15, 0.2) is 42.6 Å². The molecule has 28 heavy (non-hydrogen) atoms. The van der Waals surface area contributed by atoms with E-state index in [-0.39, 0.29) is 18.1 Å². The lowest BCUT2D eigenvalue weighted by Gasteiger charge is -2.17. The number of hydrogen-bond donors (Lipinski definition) is 2. The van der Waals surface area contributed by atoms with Crippen molar-refractivity contribution in [2.24, 2.45) is 0 Å². The maximum Gasteiger partial charge on any atom is 0.320 e. The highest BCUT2D eigenvalue weighted by Crippen LogP contribution is 2.21. The first-order valence-corrected chi connectivity index (χ1v) is 9.56. The van der Waals surface area contributed by atoms with Crippen LogP contribution in [-0.4, -0.2) is 25.6 Å². The van der Waals surface area contributed by atoms with E-state index < -0.39 is 0 Å². The molecule has 2 aromatic heterocycles. The molecule has 1 atom stereocenters. The molecular formula is C21H28N6O. The Kier molecular flexibility index (Phi) is 5.82. The predicted molar refractivity (Wildman–Crippen MR) is 110 cm³/mol. The third-order valence-electron chi connectivity index (χ3n) is 4.95. The first kappa shape index (κ1) is 19.7. The quantitative estimate of drug-likeness (QED) is 0.672. The van der Waals surface area contributed by atoms with Gasteiger partial charge in [0.05, 0.1) is 17.9 Å². The van der Waals surface area contributed by atoms with Gasteiger partial charge in [-0.3, -0.25) is 10.00 Å². The molecular weight excluding hydrogens is 352 g/mol. The van der Waals surface area contributed by atoms with E-state index in [4.69, 9.17) is 0 Å². The minimum absolute atomic E-state index is 0.0141. The Bertz CT molecular complexity index is 941. The Morgan fingerprint density at radius 3 is 2.43 bits per heavy atom. The molecule has 2 heterocycles. The van der Waals surface area contributed by atoms with Gasteiger partial charge >= 0.3 is 6.03 Å². The van der Waals surface area contributed by atoms with Gasteiger partial charge in [-0.2, -0.15) is 10.2 Å². The Morgan fingerprint density at radius 2 is 1.79 bits per heavy atom. The molecule has 7 nitrogen and oxygen atoms in total. The molecule has 0 spiro atoms. The molecule has 0 aliphatic rings. The first-order chi connectivity index (χ1) is 13.4. The van der Waals surface area contributed by atoms with Crippen molar-refractivity contribution >= 4 is 11.8 Å². The van der Waals surface area contributed by atoms with Crippen LogP contribution in [-0.2, 0) is 6.54 Å². The Hall–Kier alpha value is -3.09. The third-order valence-corrected chi connectivity index (χ3v) is 4.95. The van der Waals surface area contributed by atoms with Crippen LogP contribution in [0.3, 0.4) is 0 Å². The highest BCUT2D eigenvalue weighted by Gasteiger charge is 2.16. The molecule has 2 N–H and O–H groups in total. The first-order valence-electron chi connectivity index (χ1n) is 9.56. The van der Waals surface area contributed by atoms with E-state index in [9.17, 15) is 4.79 Å². The van der Waals surface area contributed by atoms with Crippen LogP contribution in [0.5, 0.6) is 0 Å². The molecule has 0 aliphatic carbocycles. The van der Waals surface area contributed by atoms with E-state index in [2.05, 4.69) is 41.6 Å². The standard InChI is InChI=1S/C21H28N6O/c1-14(2)26-17(5)19(15(3)25-26)13-22-21(28)24-20-11-12-23-27(20)16(4)18-9-7-6-8-10-18/h6-12,14,16H,13H2,1-5H3,(H2,22,24,28)/t16-/m0/s1. The summed E-state index contributed by atoms with van der Waals surface area (Å²) in [5.74, 6) is 0.653. The van der Waals surface area contributed by atoms with Crippen LogP contribution in [0, 0.1) is 13.8 Å². The summed E-state index contributed by atoms with van der Waals surface area (Å²) in [6.45, 7) is 10.7. The summed E-state index contributed by atoms with van der Waals surface area (Å²) in [6.07, 6.45) is 1.69. The maximum atomic E-state index is 12.5. The summed E-state index contributed by atoms with van der Waals surface area (Å²) in [4.78, 5) is 12.5. The zero-order valence-corrected chi connectivity index (χ0v) is 17.1. The second-order valence-electron chi connectivity index (χ2n) is 7.24. The number of nitrogens with one attached hydrogen (secondary N) is 2. The van der Waals surface area contributed by atoms with Crippen molar-refractivity contribution < 1.29 is 4.79 Å². The molecule has 0 aliphatic heterocycles. The van der Waals surface area contributed by atoms with Crippen LogP contribution in [0.25, 0.3) is 0 Å². The Labute approximate surface area is 165 Å². The normalized spacial score (nSPS) is 12.2. The Balaban J connectivity index is 1.66. The van der Waals surface area contributed by atoms with Crippen LogP contribution >= 0.6 is 0 Å². The molecule has 3 aromatic rings. The van der Waals surface area contributed by atoms with E-state index in [1.807, 2.05) is 53.5 Å². The molecule has 0 saturated carbocycles. The molecule has 0 saturated heterocycles. The number of aromatic nitrogens is 4. The summed E-state index contributed by atoms with van der Waals surface area (Å²) in [7, 11) is 0. The van der Waals surface area contributed by atoms with Gasteiger partial charge < -0.3 is 5.32 Å². The van der Waals surface area contributed by atoms with Crippen molar-refractivity contribution in [2.45, 2.75) is 53.2 Å². The minimum Gasteiger partial charge on any atom is -0.334 e. The fourth-order valence-electron chi connectivity index (χ4n) is 3.38. The predicted octanol–water partition coefficient (Wildman–Crippen LogP) is 4.21. The van der Waals surface area contributed by atoms with Crippen LogP contribution < -0.4 is 10.6 Å². The summed E-state index contributed by atoms with van der Waals surface area (Å²) >= 11 is 0. The minimum atomic E-state index is -0.266. The second-order valence-corrected chi connectivity index (χ2v) is 7.24. The fourth-order valence-corrected chi connectivity index (χ4v) is 3.38. The smallest absolute Gasteiger partial charge is 0.320 e. The number of anilines is 1. The van der Waals surface area contributed by atoms with E-state index in [1.54, 1.807) is 12.3 Å². The lowest BCUT2D eigenvalue weighted by Crippen LogP contribution is -2.30. The molecule has 3 rings (SSSR count). The van der Waals surface area contributed by atoms with Crippen molar-refractivity contribution in [2.75, 3.05) is 5.32 Å². The van der Waals surface area contributed by atoms with Crippen LogP contribution in [0.2, 0.25) is 0 Å². The second kappa shape index (κ2) is 8.29. The Morgan fingerprint density at radius 1 is 1.07 bits per heavy atom. The van der Waals surface area contributed by atoms with Gasteiger partial charge in [-0.05, 0) is 40.2 Å². The van der Waals surface area contributed by atoms with Gasteiger partial charge in [0.25, 0.3) is 0 Å². The molecule has 0 bridgehead atoms. The van der Waals surface area contributed by atoms with Gasteiger partial charge in [-0.1, -0.05) is 30.3 Å². The lowest BCUT2D eigenvalue weighted by molar-refractivity contribution is 0.251. The van der Waals surface area contributed by atoms with Crippen molar-refractivity contribution in [1.29, 1.82) is 0 Å². The van der Waals surface area contributed by atoms with Crippen molar-refractivity contribution in [3.8, 4) is 0 Å². The summed E-state index contributed by atoms with van der Waals surface area (Å²) < 4.78 is 3.79. The summed E-state index contributed by atoms with van der Waals surface area (Å²) in [6, 6.07) is 11.9. The summed E-state index contributed by atoms with van der Waals surface area (Å²) in [5.41, 5.74) is 4.20. The van der Waals surface area contributed by atoms with E-state index in [1.165, 1.54) is 0 Å². The van der Waals surface area contributed by atoms with E-state index in [0.29, 0.717) is 12.4 Å².